The number of hydrogen-bond donors (Lipinski definition) is 0. The van der Waals surface area contributed by atoms with Crippen LogP contribution in [0.15, 0.2) is 23.8 Å². The van der Waals surface area contributed by atoms with Gasteiger partial charge in [0.05, 0.1) is 14.2 Å². The van der Waals surface area contributed by atoms with Gasteiger partial charge in [-0.15, -0.1) is 0 Å². The summed E-state index contributed by atoms with van der Waals surface area (Å²) in [5.74, 6) is 0.888. The number of nitriles is 1. The van der Waals surface area contributed by atoms with Crippen molar-refractivity contribution in [1.29, 1.82) is 5.26 Å². The molecule has 112 valence electrons. The summed E-state index contributed by atoms with van der Waals surface area (Å²) in [5.41, 5.74) is 0.815. The second-order valence-electron chi connectivity index (χ2n) is 4.26. The van der Waals surface area contributed by atoms with E-state index >= 15 is 0 Å². The van der Waals surface area contributed by atoms with Crippen LogP contribution in [0.4, 0.5) is 0 Å². The molecule has 0 fully saturated rings. The summed E-state index contributed by atoms with van der Waals surface area (Å²) in [6, 6.07) is 7.20. The Morgan fingerprint density at radius 2 is 1.86 bits per heavy atom. The Hall–Kier alpha value is -2.48. The van der Waals surface area contributed by atoms with Gasteiger partial charge in [0, 0.05) is 13.1 Å². The number of methoxy groups -OCH3 is 2. The zero-order valence-electron chi connectivity index (χ0n) is 12.8. The van der Waals surface area contributed by atoms with Crippen molar-refractivity contribution in [3.8, 4) is 17.6 Å². The molecule has 1 aromatic carbocycles. The van der Waals surface area contributed by atoms with E-state index in [1.807, 2.05) is 19.9 Å². The van der Waals surface area contributed by atoms with Gasteiger partial charge in [0.1, 0.15) is 11.6 Å². The van der Waals surface area contributed by atoms with Gasteiger partial charge in [-0.05, 0) is 37.6 Å². The van der Waals surface area contributed by atoms with Crippen LogP contribution >= 0.6 is 0 Å². The molecular formula is C16H20N2O3. The Labute approximate surface area is 125 Å². The maximum Gasteiger partial charge on any atom is 0.264 e. The lowest BCUT2D eigenvalue weighted by atomic mass is 10.1. The summed E-state index contributed by atoms with van der Waals surface area (Å²) >= 11 is 0. The van der Waals surface area contributed by atoms with Crippen LogP contribution in [0.2, 0.25) is 0 Å². The van der Waals surface area contributed by atoms with Gasteiger partial charge in [0.25, 0.3) is 5.91 Å². The molecule has 5 nitrogen and oxygen atoms in total. The zero-order chi connectivity index (χ0) is 15.8. The highest BCUT2D eigenvalue weighted by molar-refractivity contribution is 6.01. The fourth-order valence-corrected chi connectivity index (χ4v) is 1.93. The van der Waals surface area contributed by atoms with Crippen LogP contribution in [0.5, 0.6) is 11.5 Å². The van der Waals surface area contributed by atoms with Crippen LogP contribution in [0.25, 0.3) is 6.08 Å². The van der Waals surface area contributed by atoms with Gasteiger partial charge in [-0.3, -0.25) is 4.79 Å². The molecule has 0 aliphatic rings. The molecular weight excluding hydrogens is 268 g/mol. The molecule has 0 spiro atoms. The molecule has 0 bridgehead atoms. The summed E-state index contributed by atoms with van der Waals surface area (Å²) in [6.07, 6.45) is 1.56. The molecule has 1 aromatic rings. The fraction of sp³-hybridized carbons (Fsp3) is 0.375. The minimum atomic E-state index is -0.266. The number of rotatable bonds is 6. The molecule has 0 saturated heterocycles. The predicted molar refractivity (Wildman–Crippen MR) is 81.1 cm³/mol. The lowest BCUT2D eigenvalue weighted by Crippen LogP contribution is -2.31. The topological polar surface area (TPSA) is 62.6 Å². The Morgan fingerprint density at radius 3 is 2.33 bits per heavy atom. The van der Waals surface area contributed by atoms with Gasteiger partial charge in [0.15, 0.2) is 11.5 Å². The van der Waals surface area contributed by atoms with Crippen molar-refractivity contribution in [3.05, 3.63) is 29.3 Å². The predicted octanol–water partition coefficient (Wildman–Crippen LogP) is 2.48. The first-order valence-electron chi connectivity index (χ1n) is 6.74. The first-order chi connectivity index (χ1) is 10.1. The lowest BCUT2D eigenvalue weighted by Gasteiger charge is -2.17. The molecule has 0 N–H and O–H groups in total. The number of benzene rings is 1. The third kappa shape index (κ3) is 3.99. The third-order valence-corrected chi connectivity index (χ3v) is 3.12. The molecule has 0 heterocycles. The van der Waals surface area contributed by atoms with E-state index in [0.717, 1.165) is 0 Å². The highest BCUT2D eigenvalue weighted by Crippen LogP contribution is 2.28. The van der Waals surface area contributed by atoms with Crippen molar-refractivity contribution in [3.63, 3.8) is 0 Å². The van der Waals surface area contributed by atoms with E-state index in [1.54, 1.807) is 36.3 Å². The fourth-order valence-electron chi connectivity index (χ4n) is 1.93. The summed E-state index contributed by atoms with van der Waals surface area (Å²) in [7, 11) is 3.09. The molecule has 0 aromatic heterocycles. The molecule has 0 aliphatic heterocycles. The SMILES string of the molecule is CCN(CC)C(=O)/C(C#N)=C/c1ccc(OC)c(OC)c1. The largest absolute Gasteiger partial charge is 0.493 e. The Balaban J connectivity index is 3.14. The molecule has 0 unspecified atom stereocenters. The zero-order valence-corrected chi connectivity index (χ0v) is 12.8. The summed E-state index contributed by atoms with van der Waals surface area (Å²) in [6.45, 7) is 4.90. The molecule has 5 heteroatoms. The Morgan fingerprint density at radius 1 is 1.24 bits per heavy atom. The van der Waals surface area contributed by atoms with Crippen molar-refractivity contribution in [2.45, 2.75) is 13.8 Å². The molecule has 1 rings (SSSR count). The van der Waals surface area contributed by atoms with E-state index in [1.165, 1.54) is 7.11 Å². The smallest absolute Gasteiger partial charge is 0.264 e. The van der Waals surface area contributed by atoms with Gasteiger partial charge < -0.3 is 14.4 Å². The quantitative estimate of drug-likeness (QED) is 0.596. The van der Waals surface area contributed by atoms with Gasteiger partial charge in [0.2, 0.25) is 0 Å². The van der Waals surface area contributed by atoms with Crippen LogP contribution < -0.4 is 9.47 Å². The molecule has 0 saturated carbocycles. The van der Waals surface area contributed by atoms with Crippen LogP contribution in [-0.4, -0.2) is 38.1 Å². The van der Waals surface area contributed by atoms with Gasteiger partial charge in [-0.25, -0.2) is 0 Å². The molecule has 21 heavy (non-hydrogen) atoms. The van der Waals surface area contributed by atoms with Crippen molar-refractivity contribution < 1.29 is 14.3 Å². The van der Waals surface area contributed by atoms with E-state index < -0.39 is 0 Å². The maximum atomic E-state index is 12.2. The lowest BCUT2D eigenvalue weighted by molar-refractivity contribution is -0.126. The minimum Gasteiger partial charge on any atom is -0.493 e. The van der Waals surface area contributed by atoms with E-state index in [4.69, 9.17) is 9.47 Å². The van der Waals surface area contributed by atoms with Gasteiger partial charge >= 0.3 is 0 Å². The van der Waals surface area contributed by atoms with Crippen LogP contribution in [0.1, 0.15) is 19.4 Å². The number of carbonyl (C=O) groups excluding carboxylic acids is 1. The molecule has 0 atom stereocenters. The van der Waals surface area contributed by atoms with Crippen molar-refractivity contribution in [1.82, 2.24) is 4.90 Å². The van der Waals surface area contributed by atoms with Crippen LogP contribution in [-0.2, 0) is 4.79 Å². The summed E-state index contributed by atoms with van der Waals surface area (Å²) in [5, 5.41) is 9.20. The van der Waals surface area contributed by atoms with Crippen LogP contribution in [0, 0.1) is 11.3 Å². The standard InChI is InChI=1S/C16H20N2O3/c1-5-18(6-2)16(19)13(11-17)9-12-7-8-14(20-3)15(10-12)21-4/h7-10H,5-6H2,1-4H3/b13-9+. The third-order valence-electron chi connectivity index (χ3n) is 3.12. The highest BCUT2D eigenvalue weighted by Gasteiger charge is 2.15. The van der Waals surface area contributed by atoms with Crippen molar-refractivity contribution in [2.24, 2.45) is 0 Å². The number of hydrogen-bond acceptors (Lipinski definition) is 4. The number of likely N-dealkylation sites (N-methyl/N-ethyl adjacent to an activating group) is 1. The normalized spacial score (nSPS) is 10.7. The van der Waals surface area contributed by atoms with Gasteiger partial charge in [-0.2, -0.15) is 5.26 Å². The molecule has 1 amide bonds. The first kappa shape index (κ1) is 16.6. The van der Waals surface area contributed by atoms with Gasteiger partial charge in [-0.1, -0.05) is 6.07 Å². The summed E-state index contributed by atoms with van der Waals surface area (Å²) < 4.78 is 10.4. The first-order valence-corrected chi connectivity index (χ1v) is 6.74. The number of carbonyl (C=O) groups is 1. The number of ether oxygens (including phenoxy) is 2. The van der Waals surface area contributed by atoms with Crippen molar-refractivity contribution >= 4 is 12.0 Å². The van der Waals surface area contributed by atoms with E-state index in [0.29, 0.717) is 30.2 Å². The second kappa shape index (κ2) is 7.95. The van der Waals surface area contributed by atoms with Crippen LogP contribution in [0.3, 0.4) is 0 Å². The highest BCUT2D eigenvalue weighted by atomic mass is 16.5. The Bertz CT molecular complexity index is 569. The maximum absolute atomic E-state index is 12.2. The second-order valence-corrected chi connectivity index (χ2v) is 4.26. The number of amides is 1. The van der Waals surface area contributed by atoms with E-state index in [-0.39, 0.29) is 11.5 Å². The molecule has 0 aliphatic carbocycles. The van der Waals surface area contributed by atoms with Crippen molar-refractivity contribution in [2.75, 3.05) is 27.3 Å². The van der Waals surface area contributed by atoms with E-state index in [9.17, 15) is 10.1 Å². The Kier molecular flexibility index (Phi) is 6.28. The minimum absolute atomic E-state index is 0.103. The number of nitrogens with zero attached hydrogens (tertiary/aromatic N) is 2. The average Bonchev–Trinajstić information content (AvgIpc) is 2.53. The average molecular weight is 288 g/mol. The van der Waals surface area contributed by atoms with E-state index in [2.05, 4.69) is 0 Å². The monoisotopic (exact) mass is 288 g/mol. The summed E-state index contributed by atoms with van der Waals surface area (Å²) in [4.78, 5) is 13.8. The molecule has 0 radical (unpaired) electrons.